The van der Waals surface area contributed by atoms with Crippen molar-refractivity contribution in [2.24, 2.45) is 11.8 Å². The number of rotatable bonds is 15. The van der Waals surface area contributed by atoms with Crippen LogP contribution < -0.4 is 16.0 Å². The maximum Gasteiger partial charge on any atom is 0.407 e. The fourth-order valence-electron chi connectivity index (χ4n) is 5.56. The van der Waals surface area contributed by atoms with Gasteiger partial charge in [0.2, 0.25) is 11.8 Å². The Bertz CT molecular complexity index is 875. The average Bonchev–Trinajstić information content (AvgIpc) is 2.99. The van der Waals surface area contributed by atoms with Crippen LogP contribution >= 0.6 is 0 Å². The Hall–Kier alpha value is -3.10. The van der Waals surface area contributed by atoms with Crippen LogP contribution in [0.4, 0.5) is 4.79 Å². The summed E-state index contributed by atoms with van der Waals surface area (Å²) in [6, 6.07) is 9.22. The predicted molar refractivity (Wildman–Crippen MR) is 152 cm³/mol. The number of alkyl carbamates (subject to hydrolysis) is 1. The first kappa shape index (κ1) is 31.4. The first-order chi connectivity index (χ1) is 19.5. The van der Waals surface area contributed by atoms with E-state index in [0.29, 0.717) is 24.7 Å². The third-order valence-corrected chi connectivity index (χ3v) is 7.95. The highest BCUT2D eigenvalue weighted by Gasteiger charge is 2.20. The van der Waals surface area contributed by atoms with Crippen LogP contribution in [0.2, 0.25) is 0 Å². The van der Waals surface area contributed by atoms with Crippen molar-refractivity contribution in [3.05, 3.63) is 35.9 Å². The van der Waals surface area contributed by atoms with Crippen LogP contribution in [0.15, 0.2) is 30.3 Å². The average molecular weight is 558 g/mol. The maximum absolute atomic E-state index is 12.5. The van der Waals surface area contributed by atoms with Gasteiger partial charge in [-0.25, -0.2) is 4.79 Å². The van der Waals surface area contributed by atoms with Crippen molar-refractivity contribution in [2.45, 2.75) is 103 Å². The molecule has 222 valence electrons. The molecule has 3 amide bonds. The van der Waals surface area contributed by atoms with Gasteiger partial charge in [0.25, 0.3) is 0 Å². The second kappa shape index (κ2) is 18.3. The summed E-state index contributed by atoms with van der Waals surface area (Å²) in [7, 11) is 0. The number of amides is 3. The molecule has 2 fully saturated rings. The van der Waals surface area contributed by atoms with Crippen molar-refractivity contribution in [1.82, 2.24) is 16.0 Å². The van der Waals surface area contributed by atoms with E-state index in [4.69, 9.17) is 9.47 Å². The van der Waals surface area contributed by atoms with Crippen LogP contribution in [0.3, 0.4) is 0 Å². The van der Waals surface area contributed by atoms with E-state index in [0.717, 1.165) is 18.4 Å². The molecule has 0 aromatic heterocycles. The summed E-state index contributed by atoms with van der Waals surface area (Å²) in [5, 5.41) is 8.11. The zero-order valence-electron chi connectivity index (χ0n) is 23.8. The van der Waals surface area contributed by atoms with Crippen LogP contribution in [0.5, 0.6) is 0 Å². The molecule has 2 aliphatic rings. The van der Waals surface area contributed by atoms with E-state index >= 15 is 0 Å². The second-order valence-corrected chi connectivity index (χ2v) is 11.2. The lowest BCUT2D eigenvalue weighted by Gasteiger charge is -2.22. The Balaban J connectivity index is 1.40. The molecule has 2 aliphatic carbocycles. The maximum atomic E-state index is 12.5. The summed E-state index contributed by atoms with van der Waals surface area (Å²) in [6.45, 7) is -0.104. The van der Waals surface area contributed by atoms with Crippen LogP contribution in [0.1, 0.15) is 95.5 Å². The zero-order chi connectivity index (χ0) is 28.4. The number of benzene rings is 1. The lowest BCUT2D eigenvalue weighted by atomic mass is 9.86. The molecule has 0 radical (unpaired) electrons. The van der Waals surface area contributed by atoms with Crippen molar-refractivity contribution in [3.8, 4) is 0 Å². The molecule has 1 aromatic carbocycles. The van der Waals surface area contributed by atoms with E-state index in [1.165, 1.54) is 64.2 Å². The lowest BCUT2D eigenvalue weighted by Crippen LogP contribution is -2.44. The number of esters is 1. The molecular formula is C31H47N3O6. The summed E-state index contributed by atoms with van der Waals surface area (Å²) in [5.41, 5.74) is 0.832. The largest absolute Gasteiger partial charge is 0.457 e. The van der Waals surface area contributed by atoms with Gasteiger partial charge in [-0.3, -0.25) is 14.4 Å². The van der Waals surface area contributed by atoms with Gasteiger partial charge in [0, 0.05) is 12.8 Å². The SMILES string of the molecule is O=C(CCC1CCCCC1)NCC(CNC(=O)CCC1CCCCC1)OC(=O)CNC(=O)OCc1ccccc1. The van der Waals surface area contributed by atoms with E-state index in [1.807, 2.05) is 30.3 Å². The molecule has 0 aliphatic heterocycles. The second-order valence-electron chi connectivity index (χ2n) is 11.2. The molecule has 0 atom stereocenters. The van der Waals surface area contributed by atoms with E-state index < -0.39 is 18.2 Å². The van der Waals surface area contributed by atoms with Gasteiger partial charge in [0.1, 0.15) is 19.3 Å². The van der Waals surface area contributed by atoms with Gasteiger partial charge in [0.05, 0.1) is 13.1 Å². The molecule has 9 heteroatoms. The first-order valence-electron chi connectivity index (χ1n) is 15.2. The van der Waals surface area contributed by atoms with Crippen molar-refractivity contribution >= 4 is 23.9 Å². The third-order valence-electron chi connectivity index (χ3n) is 7.95. The number of ether oxygens (including phenoxy) is 2. The minimum atomic E-state index is -0.744. The first-order valence-corrected chi connectivity index (χ1v) is 15.2. The summed E-state index contributed by atoms with van der Waals surface area (Å²) < 4.78 is 10.6. The molecule has 9 nitrogen and oxygen atoms in total. The van der Waals surface area contributed by atoms with E-state index in [2.05, 4.69) is 16.0 Å². The van der Waals surface area contributed by atoms with E-state index in [9.17, 15) is 19.2 Å². The van der Waals surface area contributed by atoms with Crippen LogP contribution in [-0.4, -0.2) is 49.6 Å². The molecule has 0 heterocycles. The van der Waals surface area contributed by atoms with Gasteiger partial charge in [0.15, 0.2) is 0 Å². The van der Waals surface area contributed by atoms with Crippen LogP contribution in [-0.2, 0) is 30.5 Å². The molecule has 40 heavy (non-hydrogen) atoms. The minimum absolute atomic E-state index is 0.0853. The van der Waals surface area contributed by atoms with E-state index in [-0.39, 0.29) is 38.1 Å². The Labute approximate surface area is 238 Å². The molecule has 0 bridgehead atoms. The quantitative estimate of drug-likeness (QED) is 0.267. The number of carbonyl (C=O) groups is 4. The monoisotopic (exact) mass is 557 g/mol. The Morgan fingerprint density at radius 1 is 0.725 bits per heavy atom. The van der Waals surface area contributed by atoms with Gasteiger partial charge in [-0.15, -0.1) is 0 Å². The smallest absolute Gasteiger partial charge is 0.407 e. The molecule has 0 unspecified atom stereocenters. The Morgan fingerprint density at radius 2 is 1.25 bits per heavy atom. The topological polar surface area (TPSA) is 123 Å². The lowest BCUT2D eigenvalue weighted by molar-refractivity contribution is -0.148. The van der Waals surface area contributed by atoms with Crippen molar-refractivity contribution in [3.63, 3.8) is 0 Å². The molecule has 0 spiro atoms. The summed E-state index contributed by atoms with van der Waals surface area (Å²) in [5.74, 6) is 0.360. The van der Waals surface area contributed by atoms with Crippen LogP contribution in [0, 0.1) is 11.8 Å². The molecule has 1 aromatic rings. The van der Waals surface area contributed by atoms with Gasteiger partial charge < -0.3 is 25.4 Å². The highest BCUT2D eigenvalue weighted by molar-refractivity contribution is 5.79. The normalized spacial score (nSPS) is 16.2. The minimum Gasteiger partial charge on any atom is -0.457 e. The standard InChI is InChI=1S/C31H47N3O6/c35-28(18-16-24-10-4-1-5-11-24)32-20-27(21-33-29(36)19-17-25-12-6-2-7-13-25)40-30(37)22-34-31(38)39-23-26-14-8-3-9-15-26/h3,8-9,14-15,24-25,27H,1-2,4-7,10-13,16-23H2,(H,32,35)(H,33,36)(H,34,38). The molecule has 3 rings (SSSR count). The zero-order valence-corrected chi connectivity index (χ0v) is 23.8. The summed E-state index contributed by atoms with van der Waals surface area (Å²) in [4.78, 5) is 49.4. The van der Waals surface area contributed by atoms with Gasteiger partial charge in [-0.2, -0.15) is 0 Å². The fourth-order valence-corrected chi connectivity index (χ4v) is 5.56. The highest BCUT2D eigenvalue weighted by Crippen LogP contribution is 2.28. The molecule has 2 saturated carbocycles. The Morgan fingerprint density at radius 3 is 1.77 bits per heavy atom. The number of hydrogen-bond donors (Lipinski definition) is 3. The predicted octanol–water partition coefficient (Wildman–Crippen LogP) is 4.78. The third kappa shape index (κ3) is 13.3. The Kier molecular flexibility index (Phi) is 14.4. The molecule has 0 saturated heterocycles. The van der Waals surface area contributed by atoms with Crippen molar-refractivity contribution < 1.29 is 28.7 Å². The van der Waals surface area contributed by atoms with Crippen molar-refractivity contribution in [2.75, 3.05) is 19.6 Å². The van der Waals surface area contributed by atoms with E-state index in [1.54, 1.807) is 0 Å². The van der Waals surface area contributed by atoms with Gasteiger partial charge in [-0.1, -0.05) is 94.5 Å². The van der Waals surface area contributed by atoms with Gasteiger partial charge in [-0.05, 0) is 30.2 Å². The number of carbonyl (C=O) groups excluding carboxylic acids is 4. The number of nitrogens with one attached hydrogen (secondary N) is 3. The van der Waals surface area contributed by atoms with Crippen molar-refractivity contribution in [1.29, 1.82) is 0 Å². The van der Waals surface area contributed by atoms with Gasteiger partial charge >= 0.3 is 12.1 Å². The summed E-state index contributed by atoms with van der Waals surface area (Å²) in [6.07, 6.45) is 13.4. The fraction of sp³-hybridized carbons (Fsp3) is 0.677. The highest BCUT2D eigenvalue weighted by atomic mass is 16.6. The van der Waals surface area contributed by atoms with Crippen LogP contribution in [0.25, 0.3) is 0 Å². The molecule has 3 N–H and O–H groups in total. The summed E-state index contributed by atoms with van der Waals surface area (Å²) >= 11 is 0. The molecular weight excluding hydrogens is 510 g/mol. The number of hydrogen-bond acceptors (Lipinski definition) is 6.